The van der Waals surface area contributed by atoms with Crippen LogP contribution in [0.4, 0.5) is 10.5 Å². The summed E-state index contributed by atoms with van der Waals surface area (Å²) in [6, 6.07) is 2.81. The first kappa shape index (κ1) is 12.3. The third-order valence-electron chi connectivity index (χ3n) is 2.56. The van der Waals surface area contributed by atoms with Crippen molar-refractivity contribution in [2.45, 2.75) is 12.5 Å². The highest BCUT2D eigenvalue weighted by molar-refractivity contribution is 6.31. The molecule has 1 aromatic carbocycles. The molecule has 0 bridgehead atoms. The van der Waals surface area contributed by atoms with Crippen LogP contribution >= 0.6 is 11.6 Å². The van der Waals surface area contributed by atoms with E-state index >= 15 is 0 Å². The fourth-order valence-electron chi connectivity index (χ4n) is 1.73. The summed E-state index contributed by atoms with van der Waals surface area (Å²) < 4.78 is 0. The van der Waals surface area contributed by atoms with Crippen LogP contribution in [0.5, 0.6) is 0 Å². The van der Waals surface area contributed by atoms with Crippen LogP contribution in [0.3, 0.4) is 0 Å². The third-order valence-corrected chi connectivity index (χ3v) is 2.91. The second-order valence-corrected chi connectivity index (χ2v) is 4.12. The number of hydrogen-bond donors (Lipinski definition) is 2. The lowest BCUT2D eigenvalue weighted by Crippen LogP contribution is -2.31. The van der Waals surface area contributed by atoms with E-state index in [0.29, 0.717) is 0 Å². The quantitative estimate of drug-likeness (QED) is 0.485. The fraction of sp³-hybridized carbons (Fsp3) is 0.200. The molecule has 0 spiro atoms. The van der Waals surface area contributed by atoms with Crippen molar-refractivity contribution in [3.8, 4) is 0 Å². The Balaban J connectivity index is 2.31. The molecule has 1 saturated heterocycles. The van der Waals surface area contributed by atoms with Gasteiger partial charge in [0.15, 0.2) is 0 Å². The van der Waals surface area contributed by atoms with Crippen molar-refractivity contribution < 1.29 is 14.5 Å². The summed E-state index contributed by atoms with van der Waals surface area (Å²) in [5.74, 6) is -0.519. The number of nitrogens with zero attached hydrogens (tertiary/aromatic N) is 1. The van der Waals surface area contributed by atoms with Gasteiger partial charge in [-0.15, -0.1) is 0 Å². The highest BCUT2D eigenvalue weighted by atomic mass is 35.5. The molecule has 0 saturated carbocycles. The Morgan fingerprint density at radius 1 is 1.39 bits per heavy atom. The Hall–Kier alpha value is -2.15. The summed E-state index contributed by atoms with van der Waals surface area (Å²) in [5.41, 5.74) is 0.0583. The Kier molecular flexibility index (Phi) is 3.15. The standard InChI is InChI=1S/C10H8ClN3O4/c11-6-2-1-3-8(14(17)18)5(6)4-7-9(15)13-10(16)12-7/h1-3,7H,4H2,(H2,12,13,15,16). The predicted octanol–water partition coefficient (Wildman–Crippen LogP) is 0.999. The Labute approximate surface area is 106 Å². The van der Waals surface area contributed by atoms with Crippen LogP contribution in [-0.4, -0.2) is 22.9 Å². The summed E-state index contributed by atoms with van der Waals surface area (Å²) >= 11 is 5.89. The SMILES string of the molecule is O=C1NC(=O)C(Cc2c(Cl)cccc2[N+](=O)[O-])N1. The van der Waals surface area contributed by atoms with Crippen LogP contribution in [0.1, 0.15) is 5.56 Å². The monoisotopic (exact) mass is 269 g/mol. The topological polar surface area (TPSA) is 101 Å². The summed E-state index contributed by atoms with van der Waals surface area (Å²) in [5, 5.41) is 15.5. The van der Waals surface area contributed by atoms with E-state index in [2.05, 4.69) is 10.6 Å². The van der Waals surface area contributed by atoms with Gasteiger partial charge in [0.2, 0.25) is 0 Å². The summed E-state index contributed by atoms with van der Waals surface area (Å²) in [6.07, 6.45) is -0.0203. The van der Waals surface area contributed by atoms with Crippen LogP contribution in [0, 0.1) is 10.1 Å². The summed E-state index contributed by atoms with van der Waals surface area (Å²) in [4.78, 5) is 32.6. The van der Waals surface area contributed by atoms with Crippen LogP contribution in [0.15, 0.2) is 18.2 Å². The minimum Gasteiger partial charge on any atom is -0.326 e. The maximum Gasteiger partial charge on any atom is 0.322 e. The van der Waals surface area contributed by atoms with Gasteiger partial charge in [0.25, 0.3) is 11.6 Å². The average Bonchev–Trinajstić information content (AvgIpc) is 2.60. The first-order valence-corrected chi connectivity index (χ1v) is 5.40. The number of halogens is 1. The molecule has 1 fully saturated rings. The number of urea groups is 1. The van der Waals surface area contributed by atoms with Crippen molar-refractivity contribution >= 4 is 29.2 Å². The predicted molar refractivity (Wildman–Crippen MR) is 62.3 cm³/mol. The molecule has 94 valence electrons. The van der Waals surface area contributed by atoms with Gasteiger partial charge in [0.1, 0.15) is 6.04 Å². The average molecular weight is 270 g/mol. The zero-order valence-corrected chi connectivity index (χ0v) is 9.73. The number of rotatable bonds is 3. The lowest BCUT2D eigenvalue weighted by atomic mass is 10.0. The van der Waals surface area contributed by atoms with Crippen LogP contribution in [0.2, 0.25) is 5.02 Å². The highest BCUT2D eigenvalue weighted by Crippen LogP contribution is 2.27. The fourth-order valence-corrected chi connectivity index (χ4v) is 1.97. The van der Waals surface area contributed by atoms with E-state index in [-0.39, 0.29) is 22.7 Å². The molecule has 1 atom stereocenters. The molecule has 0 radical (unpaired) electrons. The molecule has 1 heterocycles. The molecule has 2 rings (SSSR count). The van der Waals surface area contributed by atoms with E-state index in [0.717, 1.165) is 0 Å². The lowest BCUT2D eigenvalue weighted by molar-refractivity contribution is -0.385. The number of carbonyl (C=O) groups excluding carboxylic acids is 2. The smallest absolute Gasteiger partial charge is 0.322 e. The molecule has 8 heteroatoms. The lowest BCUT2D eigenvalue weighted by Gasteiger charge is -2.09. The van der Waals surface area contributed by atoms with E-state index in [1.807, 2.05) is 0 Å². The van der Waals surface area contributed by atoms with Gasteiger partial charge in [-0.25, -0.2) is 4.79 Å². The van der Waals surface area contributed by atoms with Gasteiger partial charge in [-0.3, -0.25) is 20.2 Å². The number of imide groups is 1. The first-order valence-electron chi connectivity index (χ1n) is 5.02. The van der Waals surface area contributed by atoms with Gasteiger partial charge >= 0.3 is 6.03 Å². The zero-order chi connectivity index (χ0) is 13.3. The number of hydrogen-bond acceptors (Lipinski definition) is 4. The van der Waals surface area contributed by atoms with Crippen molar-refractivity contribution in [2.24, 2.45) is 0 Å². The van der Waals surface area contributed by atoms with Crippen molar-refractivity contribution in [1.29, 1.82) is 0 Å². The first-order chi connectivity index (χ1) is 8.49. The number of benzene rings is 1. The normalized spacial score (nSPS) is 18.4. The van der Waals surface area contributed by atoms with Gasteiger partial charge in [-0.2, -0.15) is 0 Å². The molecule has 2 N–H and O–H groups in total. The Morgan fingerprint density at radius 2 is 2.11 bits per heavy atom. The zero-order valence-electron chi connectivity index (χ0n) is 8.97. The molecule has 7 nitrogen and oxygen atoms in total. The van der Waals surface area contributed by atoms with Gasteiger partial charge in [-0.1, -0.05) is 17.7 Å². The number of nitrogens with one attached hydrogen (secondary N) is 2. The molecule has 0 aromatic heterocycles. The van der Waals surface area contributed by atoms with E-state index in [4.69, 9.17) is 11.6 Å². The van der Waals surface area contributed by atoms with E-state index in [1.165, 1.54) is 18.2 Å². The van der Waals surface area contributed by atoms with Gasteiger partial charge in [0, 0.05) is 12.5 Å². The van der Waals surface area contributed by atoms with E-state index < -0.39 is 22.9 Å². The van der Waals surface area contributed by atoms with Crippen molar-refractivity contribution in [1.82, 2.24) is 10.6 Å². The maximum atomic E-state index is 11.4. The molecule has 0 aliphatic carbocycles. The van der Waals surface area contributed by atoms with Crippen LogP contribution in [-0.2, 0) is 11.2 Å². The van der Waals surface area contributed by atoms with Gasteiger partial charge < -0.3 is 5.32 Å². The number of amides is 3. The Morgan fingerprint density at radius 3 is 2.67 bits per heavy atom. The molecular weight excluding hydrogens is 262 g/mol. The number of nitro groups is 1. The van der Waals surface area contributed by atoms with E-state index in [1.54, 1.807) is 0 Å². The van der Waals surface area contributed by atoms with Crippen LogP contribution < -0.4 is 10.6 Å². The Bertz CT molecular complexity index is 546. The number of carbonyl (C=O) groups is 2. The minimum atomic E-state index is -0.837. The molecule has 1 aliphatic rings. The van der Waals surface area contributed by atoms with Crippen LogP contribution in [0.25, 0.3) is 0 Å². The summed E-state index contributed by atoms with van der Waals surface area (Å²) in [6.45, 7) is 0. The molecule has 3 amide bonds. The second-order valence-electron chi connectivity index (χ2n) is 3.71. The molecule has 1 aliphatic heterocycles. The van der Waals surface area contributed by atoms with Crippen molar-refractivity contribution in [3.05, 3.63) is 38.9 Å². The number of nitro benzene ring substituents is 1. The molecular formula is C10H8ClN3O4. The van der Waals surface area contributed by atoms with Crippen molar-refractivity contribution in [2.75, 3.05) is 0 Å². The maximum absolute atomic E-state index is 11.4. The molecule has 1 aromatic rings. The minimum absolute atomic E-state index is 0.0203. The largest absolute Gasteiger partial charge is 0.326 e. The second kappa shape index (κ2) is 4.61. The molecule has 18 heavy (non-hydrogen) atoms. The third kappa shape index (κ3) is 2.25. The van der Waals surface area contributed by atoms with E-state index in [9.17, 15) is 19.7 Å². The highest BCUT2D eigenvalue weighted by Gasteiger charge is 2.32. The van der Waals surface area contributed by atoms with Crippen molar-refractivity contribution in [3.63, 3.8) is 0 Å². The summed E-state index contributed by atoms with van der Waals surface area (Å²) in [7, 11) is 0. The molecule has 1 unspecified atom stereocenters. The van der Waals surface area contributed by atoms with Gasteiger partial charge in [-0.05, 0) is 6.07 Å². The van der Waals surface area contributed by atoms with Gasteiger partial charge in [0.05, 0.1) is 15.5 Å².